The van der Waals surface area contributed by atoms with E-state index in [1.165, 1.54) is 6.08 Å². The molecule has 0 radical (unpaired) electrons. The molecule has 0 aliphatic rings. The fourth-order valence-electron chi connectivity index (χ4n) is 1.07. The summed E-state index contributed by atoms with van der Waals surface area (Å²) in [5.74, 6) is -0.829. The smallest absolute Gasteiger partial charge is 0.307 e. The first kappa shape index (κ1) is 16.4. The molecule has 3 nitrogen and oxygen atoms in total. The van der Waals surface area contributed by atoms with E-state index in [1.54, 1.807) is 0 Å². The van der Waals surface area contributed by atoms with Crippen LogP contribution in [-0.2, 0) is 4.79 Å². The number of carboxylic acids is 1. The normalized spacial score (nSPS) is 9.00. The molecule has 1 N–H and O–H groups in total. The van der Waals surface area contributed by atoms with Gasteiger partial charge in [0.15, 0.2) is 0 Å². The zero-order valence-electron chi connectivity index (χ0n) is 10.7. The molecule has 0 atom stereocenters. The molecule has 1 rings (SSSR count). The molecule has 0 spiro atoms. The standard InChI is InChI=1S/C12H11N.C4H6O2/c1-11(10-13)6-5-9-12-7-3-2-4-8-12;1-2-3-4(5)6/h2-5,7-9H,1,6H2;2H,1,3H2,(H,5,6). The van der Waals surface area contributed by atoms with E-state index < -0.39 is 5.97 Å². The van der Waals surface area contributed by atoms with Crippen molar-refractivity contribution in [1.82, 2.24) is 0 Å². The SMILES string of the molecule is C=C(C#N)CC=Cc1ccccc1.C=CCC(=O)O. The lowest BCUT2D eigenvalue weighted by Gasteiger charge is -1.90. The van der Waals surface area contributed by atoms with Gasteiger partial charge in [0.2, 0.25) is 0 Å². The molecular weight excluding hydrogens is 238 g/mol. The molecule has 0 saturated heterocycles. The third kappa shape index (κ3) is 10.3. The number of hydrogen-bond donors (Lipinski definition) is 1. The number of carbonyl (C=O) groups is 1. The van der Waals surface area contributed by atoms with Crippen molar-refractivity contribution in [3.05, 3.63) is 66.8 Å². The summed E-state index contributed by atoms with van der Waals surface area (Å²) in [4.78, 5) is 9.53. The highest BCUT2D eigenvalue weighted by molar-refractivity contribution is 5.68. The molecule has 0 aromatic heterocycles. The second-order valence-corrected chi connectivity index (χ2v) is 3.62. The van der Waals surface area contributed by atoms with Gasteiger partial charge < -0.3 is 5.11 Å². The van der Waals surface area contributed by atoms with Crippen molar-refractivity contribution in [2.24, 2.45) is 0 Å². The number of nitrogens with zero attached hydrogens (tertiary/aromatic N) is 1. The van der Waals surface area contributed by atoms with Gasteiger partial charge in [-0.15, -0.1) is 6.58 Å². The van der Waals surface area contributed by atoms with Crippen molar-refractivity contribution in [2.45, 2.75) is 12.8 Å². The minimum absolute atomic E-state index is 0.0556. The lowest BCUT2D eigenvalue weighted by Crippen LogP contribution is -1.88. The fraction of sp³-hybridized carbons (Fsp3) is 0.125. The maximum Gasteiger partial charge on any atom is 0.307 e. The van der Waals surface area contributed by atoms with E-state index in [1.807, 2.05) is 48.6 Å². The number of carboxylic acid groups (broad SMARTS) is 1. The summed E-state index contributed by atoms with van der Waals surface area (Å²) in [6, 6.07) is 12.0. The predicted octanol–water partition coefficient (Wildman–Crippen LogP) is 3.82. The highest BCUT2D eigenvalue weighted by atomic mass is 16.4. The molecule has 0 unspecified atom stereocenters. The van der Waals surface area contributed by atoms with Crippen molar-refractivity contribution < 1.29 is 9.90 Å². The number of allylic oxidation sites excluding steroid dienone is 2. The van der Waals surface area contributed by atoms with Gasteiger partial charge in [0.1, 0.15) is 0 Å². The molecule has 0 aliphatic heterocycles. The summed E-state index contributed by atoms with van der Waals surface area (Å²) in [6.45, 7) is 6.81. The monoisotopic (exact) mass is 255 g/mol. The average Bonchev–Trinajstić information content (AvgIpc) is 2.40. The number of hydrogen-bond acceptors (Lipinski definition) is 2. The van der Waals surface area contributed by atoms with Crippen LogP contribution in [0.5, 0.6) is 0 Å². The van der Waals surface area contributed by atoms with E-state index in [9.17, 15) is 4.79 Å². The predicted molar refractivity (Wildman–Crippen MR) is 77.3 cm³/mol. The minimum atomic E-state index is -0.829. The Morgan fingerprint density at radius 3 is 2.37 bits per heavy atom. The zero-order chi connectivity index (χ0) is 14.5. The molecule has 98 valence electrons. The van der Waals surface area contributed by atoms with E-state index in [2.05, 4.69) is 13.2 Å². The number of rotatable bonds is 5. The van der Waals surface area contributed by atoms with Crippen molar-refractivity contribution in [3.8, 4) is 6.07 Å². The van der Waals surface area contributed by atoms with E-state index in [0.717, 1.165) is 5.56 Å². The van der Waals surface area contributed by atoms with Crippen molar-refractivity contribution in [3.63, 3.8) is 0 Å². The maximum absolute atomic E-state index is 9.53. The number of benzene rings is 1. The van der Waals surface area contributed by atoms with Crippen LogP contribution in [0.3, 0.4) is 0 Å². The van der Waals surface area contributed by atoms with Crippen LogP contribution < -0.4 is 0 Å². The Balaban J connectivity index is 0.000000459. The third-order valence-corrected chi connectivity index (χ3v) is 1.95. The molecule has 0 amide bonds. The van der Waals surface area contributed by atoms with E-state index in [0.29, 0.717) is 12.0 Å². The quantitative estimate of drug-likeness (QED) is 0.642. The summed E-state index contributed by atoms with van der Waals surface area (Å²) >= 11 is 0. The Kier molecular flexibility index (Phi) is 9.10. The second-order valence-electron chi connectivity index (χ2n) is 3.62. The van der Waals surface area contributed by atoms with Crippen molar-refractivity contribution >= 4 is 12.0 Å². The first-order chi connectivity index (χ1) is 9.10. The number of aliphatic carboxylic acids is 1. The Hall–Kier alpha value is -2.60. The molecule has 0 heterocycles. The van der Waals surface area contributed by atoms with Gasteiger partial charge in [0.25, 0.3) is 0 Å². The van der Waals surface area contributed by atoms with Crippen LogP contribution >= 0.6 is 0 Å². The highest BCUT2D eigenvalue weighted by Crippen LogP contribution is 2.04. The van der Waals surface area contributed by atoms with E-state index in [-0.39, 0.29) is 6.42 Å². The second kappa shape index (κ2) is 10.5. The van der Waals surface area contributed by atoms with Gasteiger partial charge in [0.05, 0.1) is 12.5 Å². The van der Waals surface area contributed by atoms with Crippen LogP contribution in [0.4, 0.5) is 0 Å². The lowest BCUT2D eigenvalue weighted by atomic mass is 10.1. The molecule has 3 heteroatoms. The van der Waals surface area contributed by atoms with Crippen molar-refractivity contribution in [2.75, 3.05) is 0 Å². The van der Waals surface area contributed by atoms with E-state index >= 15 is 0 Å². The topological polar surface area (TPSA) is 61.1 Å². The summed E-state index contributed by atoms with van der Waals surface area (Å²) in [5, 5.41) is 16.3. The molecule has 0 aliphatic carbocycles. The average molecular weight is 255 g/mol. The minimum Gasteiger partial charge on any atom is -0.481 e. The van der Waals surface area contributed by atoms with Crippen LogP contribution in [-0.4, -0.2) is 11.1 Å². The molecule has 19 heavy (non-hydrogen) atoms. The van der Waals surface area contributed by atoms with Gasteiger partial charge in [-0.2, -0.15) is 5.26 Å². The number of nitriles is 1. The van der Waals surface area contributed by atoms with Crippen LogP contribution in [0.1, 0.15) is 18.4 Å². The van der Waals surface area contributed by atoms with Crippen LogP contribution in [0.25, 0.3) is 6.08 Å². The maximum atomic E-state index is 9.53. The summed E-state index contributed by atoms with van der Waals surface area (Å²) in [6.07, 6.45) is 5.97. The van der Waals surface area contributed by atoms with E-state index in [4.69, 9.17) is 10.4 Å². The fourth-order valence-corrected chi connectivity index (χ4v) is 1.07. The highest BCUT2D eigenvalue weighted by Gasteiger charge is 1.86. The summed E-state index contributed by atoms with van der Waals surface area (Å²) in [5.41, 5.74) is 1.74. The van der Waals surface area contributed by atoms with Gasteiger partial charge >= 0.3 is 5.97 Å². The largest absolute Gasteiger partial charge is 0.481 e. The Morgan fingerprint density at radius 1 is 1.32 bits per heavy atom. The van der Waals surface area contributed by atoms with Gasteiger partial charge in [0, 0.05) is 12.0 Å². The summed E-state index contributed by atoms with van der Waals surface area (Å²) in [7, 11) is 0. The van der Waals surface area contributed by atoms with Gasteiger partial charge in [-0.05, 0) is 5.56 Å². The summed E-state index contributed by atoms with van der Waals surface area (Å²) < 4.78 is 0. The lowest BCUT2D eigenvalue weighted by molar-refractivity contribution is -0.135. The molecule has 1 aromatic carbocycles. The van der Waals surface area contributed by atoms with Crippen LogP contribution in [0.15, 0.2) is 61.2 Å². The molecule has 1 aromatic rings. The van der Waals surface area contributed by atoms with Crippen LogP contribution in [0, 0.1) is 11.3 Å². The zero-order valence-corrected chi connectivity index (χ0v) is 10.7. The Morgan fingerprint density at radius 2 is 1.95 bits per heavy atom. The Labute approximate surface area is 113 Å². The third-order valence-electron chi connectivity index (χ3n) is 1.95. The first-order valence-electron chi connectivity index (χ1n) is 5.72. The van der Waals surface area contributed by atoms with Crippen LogP contribution in [0.2, 0.25) is 0 Å². The Bertz CT molecular complexity index is 481. The van der Waals surface area contributed by atoms with Gasteiger partial charge in [-0.1, -0.05) is 55.1 Å². The van der Waals surface area contributed by atoms with Crippen molar-refractivity contribution in [1.29, 1.82) is 5.26 Å². The first-order valence-corrected chi connectivity index (χ1v) is 5.72. The van der Waals surface area contributed by atoms with Gasteiger partial charge in [-0.3, -0.25) is 4.79 Å². The van der Waals surface area contributed by atoms with Gasteiger partial charge in [-0.25, -0.2) is 0 Å². The molecule has 0 saturated carbocycles. The molecular formula is C16H17NO2. The molecule has 0 bridgehead atoms. The molecule has 0 fully saturated rings.